The van der Waals surface area contributed by atoms with Crippen molar-refractivity contribution in [1.29, 1.82) is 0 Å². The summed E-state index contributed by atoms with van der Waals surface area (Å²) in [4.78, 5) is 23.1. The van der Waals surface area contributed by atoms with Gasteiger partial charge in [0, 0.05) is 12.0 Å². The zero-order chi connectivity index (χ0) is 13.8. The molecule has 0 radical (unpaired) electrons. The molecule has 0 spiro atoms. The summed E-state index contributed by atoms with van der Waals surface area (Å²) in [5, 5.41) is 2.35. The monoisotopic (exact) mass is 265 g/mol. The van der Waals surface area contributed by atoms with E-state index in [9.17, 15) is 14.0 Å². The number of fused-ring (bicyclic) bond motifs is 1. The zero-order valence-corrected chi connectivity index (χ0v) is 10.8. The molecule has 2 rings (SSSR count). The van der Waals surface area contributed by atoms with E-state index in [4.69, 9.17) is 4.74 Å². The molecule has 19 heavy (non-hydrogen) atoms. The highest BCUT2D eigenvalue weighted by atomic mass is 19.1. The van der Waals surface area contributed by atoms with Crippen molar-refractivity contribution < 1.29 is 18.7 Å². The third kappa shape index (κ3) is 3.10. The molecule has 4 nitrogen and oxygen atoms in total. The van der Waals surface area contributed by atoms with E-state index in [0.29, 0.717) is 12.0 Å². The average molecular weight is 265 g/mol. The summed E-state index contributed by atoms with van der Waals surface area (Å²) in [6.45, 7) is 1.89. The minimum Gasteiger partial charge on any atom is -0.450 e. The van der Waals surface area contributed by atoms with Gasteiger partial charge in [0.05, 0.1) is 12.3 Å². The Morgan fingerprint density at radius 2 is 2.11 bits per heavy atom. The van der Waals surface area contributed by atoms with Gasteiger partial charge in [0.1, 0.15) is 5.82 Å². The highest BCUT2D eigenvalue weighted by Gasteiger charge is 2.19. The van der Waals surface area contributed by atoms with Gasteiger partial charge in [-0.15, -0.1) is 0 Å². The number of halogens is 1. The van der Waals surface area contributed by atoms with Gasteiger partial charge in [-0.1, -0.05) is 0 Å². The third-order valence-corrected chi connectivity index (χ3v) is 3.11. The molecule has 0 saturated carbocycles. The van der Waals surface area contributed by atoms with Crippen molar-refractivity contribution in [3.05, 3.63) is 29.1 Å². The van der Waals surface area contributed by atoms with E-state index in [1.165, 1.54) is 12.1 Å². The fraction of sp³-hybridized carbons (Fsp3) is 0.429. The Morgan fingerprint density at radius 1 is 1.37 bits per heavy atom. The minimum atomic E-state index is -0.693. The molecule has 0 aliphatic heterocycles. The first-order valence-electron chi connectivity index (χ1n) is 6.41. The fourth-order valence-electron chi connectivity index (χ4n) is 2.19. The molecule has 0 fully saturated rings. The maximum atomic E-state index is 13.9. The Hall–Kier alpha value is -1.91. The maximum absolute atomic E-state index is 13.9. The van der Waals surface area contributed by atoms with E-state index < -0.39 is 11.9 Å². The molecule has 5 heteroatoms. The van der Waals surface area contributed by atoms with E-state index in [0.717, 1.165) is 24.8 Å². The summed E-state index contributed by atoms with van der Waals surface area (Å²) in [7, 11) is 0. The molecule has 0 saturated heterocycles. The predicted octanol–water partition coefficient (Wildman–Crippen LogP) is 3.30. The molecular formula is C14H16FNO3. The van der Waals surface area contributed by atoms with Gasteiger partial charge in [0.25, 0.3) is 0 Å². The van der Waals surface area contributed by atoms with Crippen LogP contribution < -0.4 is 5.32 Å². The summed E-state index contributed by atoms with van der Waals surface area (Å²) in [5.74, 6) is -0.642. The van der Waals surface area contributed by atoms with Crippen molar-refractivity contribution in [2.45, 2.75) is 32.6 Å². The van der Waals surface area contributed by atoms with Crippen LogP contribution in [0.15, 0.2) is 12.1 Å². The van der Waals surface area contributed by atoms with Crippen molar-refractivity contribution in [3.8, 4) is 0 Å². The van der Waals surface area contributed by atoms with Crippen LogP contribution in [0, 0.1) is 5.82 Å². The number of ketones is 1. The second kappa shape index (κ2) is 5.82. The van der Waals surface area contributed by atoms with E-state index >= 15 is 0 Å². The molecule has 1 aliphatic carbocycles. The van der Waals surface area contributed by atoms with Crippen LogP contribution in [0.5, 0.6) is 0 Å². The number of carbonyl (C=O) groups is 2. The highest BCUT2D eigenvalue weighted by Crippen LogP contribution is 2.26. The number of anilines is 1. The number of carbonyl (C=O) groups excluding carboxylic acids is 2. The topological polar surface area (TPSA) is 55.4 Å². The van der Waals surface area contributed by atoms with Gasteiger partial charge < -0.3 is 4.74 Å². The van der Waals surface area contributed by atoms with Gasteiger partial charge in [-0.25, -0.2) is 9.18 Å². The Kier molecular flexibility index (Phi) is 4.14. The molecule has 1 aliphatic rings. The van der Waals surface area contributed by atoms with Crippen LogP contribution in [-0.4, -0.2) is 18.5 Å². The molecule has 0 atom stereocenters. The van der Waals surface area contributed by atoms with Crippen molar-refractivity contribution in [2.24, 2.45) is 0 Å². The van der Waals surface area contributed by atoms with Crippen molar-refractivity contribution in [1.82, 2.24) is 0 Å². The highest BCUT2D eigenvalue weighted by molar-refractivity contribution is 5.98. The lowest BCUT2D eigenvalue weighted by Gasteiger charge is -2.11. The lowest BCUT2D eigenvalue weighted by Crippen LogP contribution is -2.15. The van der Waals surface area contributed by atoms with Crippen LogP contribution >= 0.6 is 0 Å². The smallest absolute Gasteiger partial charge is 0.411 e. The number of hydrogen-bond donors (Lipinski definition) is 1. The minimum absolute atomic E-state index is 0.0333. The summed E-state index contributed by atoms with van der Waals surface area (Å²) >= 11 is 0. The van der Waals surface area contributed by atoms with Gasteiger partial charge in [0.15, 0.2) is 5.78 Å². The third-order valence-electron chi connectivity index (χ3n) is 3.11. The number of Topliss-reactive ketones (excluding diaryl/α,β-unsaturated/α-hetero) is 1. The molecule has 102 valence electrons. The largest absolute Gasteiger partial charge is 0.450 e. The standard InChI is InChI=1S/C14H16FNO3/c1-2-19-14(18)16-12-7-9-5-3-4-6-13(17)10(9)8-11(12)15/h7-8H,2-6H2,1H3,(H,16,18). The normalized spacial score (nSPS) is 14.5. The molecule has 1 N–H and O–H groups in total. The number of ether oxygens (including phenoxy) is 1. The van der Waals surface area contributed by atoms with Crippen molar-refractivity contribution in [2.75, 3.05) is 11.9 Å². The summed E-state index contributed by atoms with van der Waals surface area (Å²) in [5.41, 5.74) is 1.28. The van der Waals surface area contributed by atoms with Crippen LogP contribution in [0.2, 0.25) is 0 Å². The van der Waals surface area contributed by atoms with Gasteiger partial charge in [-0.05, 0) is 43.9 Å². The predicted molar refractivity (Wildman–Crippen MR) is 68.9 cm³/mol. The zero-order valence-electron chi connectivity index (χ0n) is 10.8. The quantitative estimate of drug-likeness (QED) is 0.835. The first-order chi connectivity index (χ1) is 9.11. The molecule has 1 aromatic rings. The molecule has 1 amide bonds. The second-order valence-electron chi connectivity index (χ2n) is 4.46. The van der Waals surface area contributed by atoms with Crippen molar-refractivity contribution in [3.63, 3.8) is 0 Å². The Morgan fingerprint density at radius 3 is 2.84 bits per heavy atom. The summed E-state index contributed by atoms with van der Waals surface area (Å²) < 4.78 is 18.6. The summed E-state index contributed by atoms with van der Waals surface area (Å²) in [6.07, 6.45) is 2.19. The van der Waals surface area contributed by atoms with Gasteiger partial charge >= 0.3 is 6.09 Å². The first kappa shape index (κ1) is 13.5. The van der Waals surface area contributed by atoms with Crippen LogP contribution in [0.4, 0.5) is 14.9 Å². The van der Waals surface area contributed by atoms with Crippen LogP contribution in [-0.2, 0) is 11.2 Å². The molecule has 1 aromatic carbocycles. The second-order valence-corrected chi connectivity index (χ2v) is 4.46. The Balaban J connectivity index is 2.29. The molecule has 0 aromatic heterocycles. The lowest BCUT2D eigenvalue weighted by atomic mass is 10.0. The summed E-state index contributed by atoms with van der Waals surface area (Å²) in [6, 6.07) is 2.75. The van der Waals surface area contributed by atoms with Crippen molar-refractivity contribution >= 4 is 17.6 Å². The van der Waals surface area contributed by atoms with Gasteiger partial charge in [-0.2, -0.15) is 0 Å². The maximum Gasteiger partial charge on any atom is 0.411 e. The van der Waals surface area contributed by atoms with E-state index in [1.54, 1.807) is 6.92 Å². The molecule has 0 unspecified atom stereocenters. The number of aryl methyl sites for hydroxylation is 1. The number of hydrogen-bond acceptors (Lipinski definition) is 3. The van der Waals surface area contributed by atoms with E-state index in [1.807, 2.05) is 0 Å². The van der Waals surface area contributed by atoms with Gasteiger partial charge in [0.2, 0.25) is 0 Å². The molecule has 0 bridgehead atoms. The van der Waals surface area contributed by atoms with Crippen LogP contribution in [0.25, 0.3) is 0 Å². The lowest BCUT2D eigenvalue weighted by molar-refractivity contribution is 0.0981. The van der Waals surface area contributed by atoms with E-state index in [2.05, 4.69) is 5.32 Å². The molecule has 0 heterocycles. The number of amides is 1. The molecular weight excluding hydrogens is 249 g/mol. The Labute approximate surface area is 110 Å². The number of nitrogens with one attached hydrogen (secondary N) is 1. The average Bonchev–Trinajstić information content (AvgIpc) is 2.53. The number of benzene rings is 1. The van der Waals surface area contributed by atoms with Gasteiger partial charge in [-0.3, -0.25) is 10.1 Å². The first-order valence-corrected chi connectivity index (χ1v) is 6.41. The fourth-order valence-corrected chi connectivity index (χ4v) is 2.19. The SMILES string of the molecule is CCOC(=O)Nc1cc2c(cc1F)C(=O)CCCC2. The van der Waals surface area contributed by atoms with E-state index in [-0.39, 0.29) is 18.1 Å². The van der Waals surface area contributed by atoms with Crippen LogP contribution in [0.3, 0.4) is 0 Å². The Bertz CT molecular complexity index is 514. The van der Waals surface area contributed by atoms with Crippen LogP contribution in [0.1, 0.15) is 42.1 Å². The number of rotatable bonds is 2.